The summed E-state index contributed by atoms with van der Waals surface area (Å²) >= 11 is 0. The molecule has 0 aromatic rings. The lowest BCUT2D eigenvalue weighted by molar-refractivity contribution is 0.00663. The van der Waals surface area contributed by atoms with Gasteiger partial charge in [0.25, 0.3) is 0 Å². The Bertz CT molecular complexity index is 845. The first-order valence-electron chi connectivity index (χ1n) is 17.8. The van der Waals surface area contributed by atoms with Gasteiger partial charge in [0.1, 0.15) is 0 Å². The van der Waals surface area contributed by atoms with E-state index in [1.54, 1.807) is 0 Å². The number of nitrogens with zero attached hydrogens (tertiary/aromatic N) is 2. The minimum Gasteiger partial charge on any atom is -0.311 e. The SMILES string of the molecule is C1CCC2C(C1)C1C3C4CCCCC4N(C4CNC5CNNCC5C4)C3CCC1N2C1CNC2CNNCC2C1. The summed E-state index contributed by atoms with van der Waals surface area (Å²) in [5.41, 5.74) is 13.8. The molecule has 6 aliphatic heterocycles. The van der Waals surface area contributed by atoms with Gasteiger partial charge in [-0.1, -0.05) is 25.7 Å². The molecule has 9 aliphatic rings. The normalized spacial score (nSPS) is 54.9. The van der Waals surface area contributed by atoms with Gasteiger partial charge in [0.15, 0.2) is 0 Å². The van der Waals surface area contributed by atoms with E-state index in [1.165, 1.54) is 90.1 Å². The van der Waals surface area contributed by atoms with Crippen LogP contribution in [0.4, 0.5) is 0 Å². The van der Waals surface area contributed by atoms with Crippen molar-refractivity contribution >= 4 is 0 Å². The van der Waals surface area contributed by atoms with Gasteiger partial charge in [-0.05, 0) is 86.9 Å². The van der Waals surface area contributed by atoms with Gasteiger partial charge in [-0.25, -0.2) is 0 Å². The lowest BCUT2D eigenvalue weighted by Gasteiger charge is -2.50. The minimum atomic E-state index is 0.666. The van der Waals surface area contributed by atoms with E-state index < -0.39 is 0 Å². The fourth-order valence-corrected chi connectivity index (χ4v) is 12.8. The molecule has 14 atom stereocenters. The van der Waals surface area contributed by atoms with Crippen molar-refractivity contribution in [3.63, 3.8) is 0 Å². The standard InChI is InChI=1S/C32H56N8/c1-3-7-27-23(5-1)31-29(39(27)21-11-19-13-35-37-17-25(19)33-15-21)9-10-30-32(31)24-6-2-4-8-28(24)40(30)22-12-20-14-36-38-18-26(20)34-16-22/h19-38H,1-18H2. The van der Waals surface area contributed by atoms with Gasteiger partial charge in [-0.15, -0.1) is 0 Å². The van der Waals surface area contributed by atoms with Crippen molar-refractivity contribution in [3.05, 3.63) is 0 Å². The Labute approximate surface area is 242 Å². The van der Waals surface area contributed by atoms with E-state index in [1.807, 2.05) is 0 Å². The molecule has 0 aromatic heterocycles. The second-order valence-electron chi connectivity index (χ2n) is 15.6. The molecule has 9 rings (SSSR count). The molecule has 0 amide bonds. The molecule has 0 bridgehead atoms. The van der Waals surface area contributed by atoms with E-state index in [2.05, 4.69) is 42.1 Å². The van der Waals surface area contributed by atoms with Crippen molar-refractivity contribution in [1.29, 1.82) is 0 Å². The van der Waals surface area contributed by atoms with Crippen LogP contribution in [0.1, 0.15) is 77.0 Å². The zero-order chi connectivity index (χ0) is 26.2. The van der Waals surface area contributed by atoms with E-state index >= 15 is 0 Å². The Morgan fingerprint density at radius 1 is 0.425 bits per heavy atom. The van der Waals surface area contributed by atoms with Gasteiger partial charge >= 0.3 is 0 Å². The molecule has 14 unspecified atom stereocenters. The lowest BCUT2D eigenvalue weighted by atomic mass is 9.61. The quantitative estimate of drug-likeness (QED) is 0.307. The van der Waals surface area contributed by atoms with Crippen LogP contribution in [0.2, 0.25) is 0 Å². The van der Waals surface area contributed by atoms with E-state index in [0.717, 1.165) is 97.9 Å². The first-order chi connectivity index (χ1) is 19.8. The number of hydrogen-bond acceptors (Lipinski definition) is 8. The molecule has 0 radical (unpaired) electrons. The van der Waals surface area contributed by atoms with Crippen LogP contribution in [0.3, 0.4) is 0 Å². The molecule has 40 heavy (non-hydrogen) atoms. The Hall–Kier alpha value is -0.320. The van der Waals surface area contributed by atoms with Gasteiger partial charge in [0.2, 0.25) is 0 Å². The summed E-state index contributed by atoms with van der Waals surface area (Å²) in [6, 6.07) is 6.30. The third kappa shape index (κ3) is 4.14. The molecular formula is C32H56N8. The van der Waals surface area contributed by atoms with Crippen LogP contribution < -0.4 is 32.3 Å². The van der Waals surface area contributed by atoms with Crippen LogP contribution in [-0.4, -0.2) is 97.4 Å². The molecule has 9 fully saturated rings. The third-order valence-corrected chi connectivity index (χ3v) is 14.2. The monoisotopic (exact) mass is 552 g/mol. The maximum Gasteiger partial charge on any atom is 0.0257 e. The summed E-state index contributed by atoms with van der Waals surface area (Å²) in [6.07, 6.45) is 17.7. The number of likely N-dealkylation sites (tertiary alicyclic amines) is 2. The molecule has 3 saturated carbocycles. The van der Waals surface area contributed by atoms with Crippen molar-refractivity contribution in [1.82, 2.24) is 42.1 Å². The van der Waals surface area contributed by atoms with E-state index in [0.29, 0.717) is 12.1 Å². The smallest absolute Gasteiger partial charge is 0.0257 e. The molecule has 224 valence electrons. The van der Waals surface area contributed by atoms with Crippen molar-refractivity contribution in [2.75, 3.05) is 39.3 Å². The average molecular weight is 553 g/mol. The van der Waals surface area contributed by atoms with Gasteiger partial charge in [0, 0.05) is 87.6 Å². The van der Waals surface area contributed by atoms with Crippen molar-refractivity contribution in [2.24, 2.45) is 35.5 Å². The summed E-state index contributed by atoms with van der Waals surface area (Å²) < 4.78 is 0. The van der Waals surface area contributed by atoms with Crippen molar-refractivity contribution in [2.45, 2.75) is 125 Å². The maximum atomic E-state index is 4.03. The third-order valence-electron chi connectivity index (χ3n) is 14.2. The van der Waals surface area contributed by atoms with Crippen molar-refractivity contribution in [3.8, 4) is 0 Å². The molecule has 0 spiro atoms. The number of fused-ring (bicyclic) bond motifs is 9. The number of piperidine rings is 2. The Morgan fingerprint density at radius 3 is 1.38 bits per heavy atom. The highest BCUT2D eigenvalue weighted by Gasteiger charge is 2.63. The van der Waals surface area contributed by atoms with E-state index in [-0.39, 0.29) is 0 Å². The van der Waals surface area contributed by atoms with Crippen LogP contribution in [0.5, 0.6) is 0 Å². The van der Waals surface area contributed by atoms with Crippen LogP contribution in [-0.2, 0) is 0 Å². The zero-order valence-corrected chi connectivity index (χ0v) is 24.7. The van der Waals surface area contributed by atoms with Gasteiger partial charge in [-0.3, -0.25) is 31.5 Å². The van der Waals surface area contributed by atoms with Gasteiger partial charge in [0.05, 0.1) is 0 Å². The summed E-state index contributed by atoms with van der Waals surface area (Å²) in [4.78, 5) is 6.45. The highest BCUT2D eigenvalue weighted by atomic mass is 15.4. The molecule has 6 N–H and O–H groups in total. The highest BCUT2D eigenvalue weighted by Crippen LogP contribution is 2.60. The first-order valence-corrected chi connectivity index (χ1v) is 17.8. The first kappa shape index (κ1) is 26.1. The van der Waals surface area contributed by atoms with Crippen LogP contribution in [0, 0.1) is 35.5 Å². The maximum absolute atomic E-state index is 4.03. The fraction of sp³-hybridized carbons (Fsp3) is 1.00. The highest BCUT2D eigenvalue weighted by molar-refractivity contribution is 5.17. The topological polar surface area (TPSA) is 78.7 Å². The van der Waals surface area contributed by atoms with E-state index in [9.17, 15) is 0 Å². The summed E-state index contributed by atoms with van der Waals surface area (Å²) in [5, 5.41) is 8.07. The number of rotatable bonds is 2. The van der Waals surface area contributed by atoms with Crippen LogP contribution in [0.25, 0.3) is 0 Å². The largest absolute Gasteiger partial charge is 0.311 e. The van der Waals surface area contributed by atoms with Crippen LogP contribution in [0.15, 0.2) is 0 Å². The lowest BCUT2D eigenvalue weighted by Crippen LogP contribution is -2.65. The fourth-order valence-electron chi connectivity index (χ4n) is 12.8. The predicted molar refractivity (Wildman–Crippen MR) is 158 cm³/mol. The second-order valence-corrected chi connectivity index (χ2v) is 15.6. The number of hydrazine groups is 2. The van der Waals surface area contributed by atoms with Gasteiger partial charge in [-0.2, -0.15) is 0 Å². The molecule has 8 heteroatoms. The minimum absolute atomic E-state index is 0.666. The number of nitrogens with one attached hydrogen (secondary N) is 6. The molecule has 3 aliphatic carbocycles. The van der Waals surface area contributed by atoms with Crippen molar-refractivity contribution < 1.29 is 0 Å². The molecule has 6 heterocycles. The summed E-state index contributed by atoms with van der Waals surface area (Å²) in [7, 11) is 0. The molecular weight excluding hydrogens is 496 g/mol. The second kappa shape index (κ2) is 10.7. The predicted octanol–water partition coefficient (Wildman–Crippen LogP) is 1.41. The Balaban J connectivity index is 1.01. The summed E-state index contributed by atoms with van der Waals surface area (Å²) in [5.74, 6) is 5.45. The summed E-state index contributed by atoms with van der Waals surface area (Å²) in [6.45, 7) is 6.89. The van der Waals surface area contributed by atoms with Gasteiger partial charge < -0.3 is 10.6 Å². The Morgan fingerprint density at radius 2 is 0.875 bits per heavy atom. The Kier molecular flexibility index (Phi) is 6.98. The average Bonchev–Trinajstić information content (AvgIpc) is 3.53. The molecule has 0 aromatic carbocycles. The van der Waals surface area contributed by atoms with Crippen LogP contribution >= 0.6 is 0 Å². The van der Waals surface area contributed by atoms with E-state index in [4.69, 9.17) is 0 Å². The molecule has 8 nitrogen and oxygen atoms in total. The molecule has 6 saturated heterocycles. The zero-order valence-electron chi connectivity index (χ0n) is 24.7. The number of hydrogen-bond donors (Lipinski definition) is 6.